The van der Waals surface area contributed by atoms with Crippen molar-refractivity contribution in [3.8, 4) is 0 Å². The standard InChI is InChI=1S/C11H14F3N/c1-8-2-4-9(5-3-8)10(15)6-7-11(12,13)14/h2-5,10H,6-7,15H2,1H3. The number of benzene rings is 1. The zero-order valence-electron chi connectivity index (χ0n) is 8.51. The molecule has 1 nitrogen and oxygen atoms in total. The SMILES string of the molecule is Cc1ccc(C(N)CCC(F)(F)F)cc1. The fourth-order valence-electron chi connectivity index (χ4n) is 1.30. The summed E-state index contributed by atoms with van der Waals surface area (Å²) in [5, 5.41) is 0. The topological polar surface area (TPSA) is 26.0 Å². The van der Waals surface area contributed by atoms with E-state index in [1.807, 2.05) is 19.1 Å². The van der Waals surface area contributed by atoms with E-state index in [2.05, 4.69) is 0 Å². The van der Waals surface area contributed by atoms with Crippen LogP contribution in [0, 0.1) is 6.92 Å². The maximum Gasteiger partial charge on any atom is 0.389 e. The summed E-state index contributed by atoms with van der Waals surface area (Å²) in [6, 6.07) is 6.71. The molecule has 0 heterocycles. The molecule has 4 heteroatoms. The van der Waals surface area contributed by atoms with Crippen LogP contribution in [0.3, 0.4) is 0 Å². The maximum absolute atomic E-state index is 11.9. The Morgan fingerprint density at radius 2 is 1.73 bits per heavy atom. The molecule has 2 N–H and O–H groups in total. The molecular weight excluding hydrogens is 203 g/mol. The Bertz CT molecular complexity index is 303. The fourth-order valence-corrected chi connectivity index (χ4v) is 1.30. The van der Waals surface area contributed by atoms with E-state index < -0.39 is 18.6 Å². The van der Waals surface area contributed by atoms with Crippen LogP contribution in [0.5, 0.6) is 0 Å². The largest absolute Gasteiger partial charge is 0.389 e. The summed E-state index contributed by atoms with van der Waals surface area (Å²) in [6.07, 6.45) is -5.02. The first-order valence-electron chi connectivity index (χ1n) is 4.77. The average Bonchev–Trinajstić information content (AvgIpc) is 2.14. The molecule has 0 bridgehead atoms. The Balaban J connectivity index is 2.54. The van der Waals surface area contributed by atoms with Crippen LogP contribution in [0.1, 0.15) is 30.0 Å². The minimum Gasteiger partial charge on any atom is -0.324 e. The molecule has 0 fully saturated rings. The van der Waals surface area contributed by atoms with Crippen molar-refractivity contribution in [3.05, 3.63) is 35.4 Å². The molecule has 1 atom stereocenters. The van der Waals surface area contributed by atoms with Gasteiger partial charge in [-0.3, -0.25) is 0 Å². The second-order valence-corrected chi connectivity index (χ2v) is 3.67. The highest BCUT2D eigenvalue weighted by Crippen LogP contribution is 2.26. The van der Waals surface area contributed by atoms with E-state index >= 15 is 0 Å². The third kappa shape index (κ3) is 4.34. The summed E-state index contributed by atoms with van der Waals surface area (Å²) in [4.78, 5) is 0. The van der Waals surface area contributed by atoms with Crippen LogP contribution in [0.2, 0.25) is 0 Å². The van der Waals surface area contributed by atoms with Gasteiger partial charge in [-0.2, -0.15) is 13.2 Å². The van der Waals surface area contributed by atoms with E-state index in [-0.39, 0.29) is 6.42 Å². The lowest BCUT2D eigenvalue weighted by atomic mass is 10.0. The predicted octanol–water partition coefficient (Wildman–Crippen LogP) is 3.34. The predicted molar refractivity (Wildman–Crippen MR) is 53.4 cm³/mol. The minimum absolute atomic E-state index is 0.0629. The monoisotopic (exact) mass is 217 g/mol. The lowest BCUT2D eigenvalue weighted by molar-refractivity contribution is -0.136. The first kappa shape index (κ1) is 12.0. The van der Waals surface area contributed by atoms with E-state index in [4.69, 9.17) is 5.73 Å². The number of halogens is 3. The van der Waals surface area contributed by atoms with Crippen molar-refractivity contribution < 1.29 is 13.2 Å². The van der Waals surface area contributed by atoms with Crippen LogP contribution >= 0.6 is 0 Å². The normalized spacial score (nSPS) is 13.9. The molecule has 1 rings (SSSR count). The van der Waals surface area contributed by atoms with E-state index in [0.29, 0.717) is 0 Å². The van der Waals surface area contributed by atoms with Gasteiger partial charge in [-0.1, -0.05) is 29.8 Å². The molecule has 0 aliphatic carbocycles. The summed E-state index contributed by atoms with van der Waals surface area (Å²) < 4.78 is 35.8. The highest BCUT2D eigenvalue weighted by molar-refractivity contribution is 5.23. The van der Waals surface area contributed by atoms with E-state index in [1.165, 1.54) is 0 Å². The van der Waals surface area contributed by atoms with E-state index in [0.717, 1.165) is 11.1 Å². The molecule has 0 aromatic heterocycles. The van der Waals surface area contributed by atoms with E-state index in [1.54, 1.807) is 12.1 Å². The van der Waals surface area contributed by atoms with Gasteiger partial charge in [0.05, 0.1) is 0 Å². The zero-order chi connectivity index (χ0) is 11.5. The molecule has 0 saturated heterocycles. The molecule has 1 aromatic rings. The van der Waals surface area contributed by atoms with Crippen molar-refractivity contribution in [1.82, 2.24) is 0 Å². The molecule has 0 spiro atoms. The molecular formula is C11H14F3N. The van der Waals surface area contributed by atoms with Gasteiger partial charge in [0.15, 0.2) is 0 Å². The second kappa shape index (κ2) is 4.66. The van der Waals surface area contributed by atoms with Crippen molar-refractivity contribution in [2.75, 3.05) is 0 Å². The van der Waals surface area contributed by atoms with Gasteiger partial charge in [-0.05, 0) is 18.9 Å². The Kier molecular flexibility index (Phi) is 3.74. The highest BCUT2D eigenvalue weighted by Gasteiger charge is 2.27. The molecule has 0 saturated carbocycles. The number of aryl methyl sites for hydroxylation is 1. The van der Waals surface area contributed by atoms with Gasteiger partial charge in [0, 0.05) is 12.5 Å². The van der Waals surface area contributed by atoms with Crippen molar-refractivity contribution in [2.45, 2.75) is 32.0 Å². The Morgan fingerprint density at radius 3 is 2.20 bits per heavy atom. The smallest absolute Gasteiger partial charge is 0.324 e. The highest BCUT2D eigenvalue weighted by atomic mass is 19.4. The number of alkyl halides is 3. The average molecular weight is 217 g/mol. The van der Waals surface area contributed by atoms with Gasteiger partial charge in [-0.25, -0.2) is 0 Å². The number of hydrogen-bond acceptors (Lipinski definition) is 1. The van der Waals surface area contributed by atoms with Gasteiger partial charge in [0.2, 0.25) is 0 Å². The fraction of sp³-hybridized carbons (Fsp3) is 0.455. The number of rotatable bonds is 3. The summed E-state index contributed by atoms with van der Waals surface area (Å²) >= 11 is 0. The minimum atomic E-state index is -4.12. The van der Waals surface area contributed by atoms with Crippen molar-refractivity contribution in [2.24, 2.45) is 5.73 Å². The van der Waals surface area contributed by atoms with Crippen LogP contribution in [-0.4, -0.2) is 6.18 Å². The third-order valence-corrected chi connectivity index (χ3v) is 2.24. The molecule has 0 radical (unpaired) electrons. The molecule has 1 unspecified atom stereocenters. The number of nitrogens with two attached hydrogens (primary N) is 1. The Morgan fingerprint density at radius 1 is 1.20 bits per heavy atom. The van der Waals surface area contributed by atoms with Crippen molar-refractivity contribution in [3.63, 3.8) is 0 Å². The number of hydrogen-bond donors (Lipinski definition) is 1. The van der Waals surface area contributed by atoms with Crippen LogP contribution in [0.25, 0.3) is 0 Å². The van der Waals surface area contributed by atoms with Crippen LogP contribution in [0.15, 0.2) is 24.3 Å². The van der Waals surface area contributed by atoms with Gasteiger partial charge in [0.25, 0.3) is 0 Å². The first-order valence-corrected chi connectivity index (χ1v) is 4.77. The molecule has 0 aliphatic heterocycles. The molecule has 15 heavy (non-hydrogen) atoms. The summed E-state index contributed by atoms with van der Waals surface area (Å²) in [6.45, 7) is 1.92. The quantitative estimate of drug-likeness (QED) is 0.825. The first-order chi connectivity index (χ1) is 6.88. The van der Waals surface area contributed by atoms with Gasteiger partial charge < -0.3 is 5.73 Å². The molecule has 0 aliphatic rings. The summed E-state index contributed by atoms with van der Waals surface area (Å²) in [7, 11) is 0. The Hall–Kier alpha value is -1.03. The van der Waals surface area contributed by atoms with Crippen LogP contribution in [-0.2, 0) is 0 Å². The third-order valence-electron chi connectivity index (χ3n) is 2.24. The second-order valence-electron chi connectivity index (χ2n) is 3.67. The van der Waals surface area contributed by atoms with Crippen molar-refractivity contribution >= 4 is 0 Å². The van der Waals surface area contributed by atoms with E-state index in [9.17, 15) is 13.2 Å². The van der Waals surface area contributed by atoms with Crippen LogP contribution < -0.4 is 5.73 Å². The molecule has 1 aromatic carbocycles. The van der Waals surface area contributed by atoms with Gasteiger partial charge in [-0.15, -0.1) is 0 Å². The summed E-state index contributed by atoms with van der Waals surface area (Å²) in [5.74, 6) is 0. The lowest BCUT2D eigenvalue weighted by Crippen LogP contribution is -2.15. The Labute approximate surface area is 87.1 Å². The maximum atomic E-state index is 11.9. The molecule has 84 valence electrons. The summed E-state index contributed by atoms with van der Waals surface area (Å²) in [5.41, 5.74) is 7.48. The van der Waals surface area contributed by atoms with Crippen molar-refractivity contribution in [1.29, 1.82) is 0 Å². The zero-order valence-corrected chi connectivity index (χ0v) is 8.51. The van der Waals surface area contributed by atoms with Crippen LogP contribution in [0.4, 0.5) is 13.2 Å². The van der Waals surface area contributed by atoms with Gasteiger partial charge in [0.1, 0.15) is 0 Å². The van der Waals surface area contributed by atoms with Gasteiger partial charge >= 0.3 is 6.18 Å². The molecule has 0 amide bonds. The lowest BCUT2D eigenvalue weighted by Gasteiger charge is -2.13.